The zero-order valence-corrected chi connectivity index (χ0v) is 9.93. The van der Waals surface area contributed by atoms with Crippen LogP contribution in [0.2, 0.25) is 0 Å². The third-order valence-corrected chi connectivity index (χ3v) is 3.62. The summed E-state index contributed by atoms with van der Waals surface area (Å²) in [6, 6.07) is 15.1. The third kappa shape index (κ3) is 1.34. The Kier molecular flexibility index (Phi) is 1.94. The highest BCUT2D eigenvalue weighted by Crippen LogP contribution is 2.35. The molecule has 0 radical (unpaired) electrons. The molecule has 88 valence electrons. The lowest BCUT2D eigenvalue weighted by Gasteiger charge is -2.19. The highest BCUT2D eigenvalue weighted by molar-refractivity contribution is 5.84. The van der Waals surface area contributed by atoms with Crippen LogP contribution in [0.4, 0.5) is 11.4 Å². The fourth-order valence-electron chi connectivity index (χ4n) is 2.70. The Balaban J connectivity index is 1.84. The van der Waals surface area contributed by atoms with Crippen LogP contribution < -0.4 is 4.90 Å². The number of hydrogen-bond donors (Lipinski definition) is 1. The second kappa shape index (κ2) is 3.60. The van der Waals surface area contributed by atoms with Crippen LogP contribution in [0.3, 0.4) is 0 Å². The molecule has 1 N–H and O–H groups in total. The molecule has 0 atom stereocenters. The van der Waals surface area contributed by atoms with Crippen molar-refractivity contribution in [3.05, 3.63) is 54.2 Å². The number of benzene rings is 2. The molecule has 2 heterocycles. The quantitative estimate of drug-likeness (QED) is 0.702. The average molecular weight is 235 g/mol. The van der Waals surface area contributed by atoms with E-state index in [1.165, 1.54) is 16.9 Å². The topological polar surface area (TPSA) is 31.9 Å². The summed E-state index contributed by atoms with van der Waals surface area (Å²) in [4.78, 5) is 2.37. The molecule has 0 amide bonds. The first-order valence-electron chi connectivity index (χ1n) is 6.20. The van der Waals surface area contributed by atoms with Gasteiger partial charge in [-0.1, -0.05) is 18.2 Å². The minimum atomic E-state index is 1.05. The Labute approximate surface area is 105 Å². The number of aromatic nitrogens is 2. The van der Waals surface area contributed by atoms with E-state index in [2.05, 4.69) is 57.6 Å². The first kappa shape index (κ1) is 9.71. The van der Waals surface area contributed by atoms with Crippen LogP contribution in [0.5, 0.6) is 0 Å². The molecule has 4 rings (SSSR count). The molecule has 3 heteroatoms. The molecular weight excluding hydrogens is 222 g/mol. The van der Waals surface area contributed by atoms with E-state index in [1.807, 2.05) is 6.20 Å². The highest BCUT2D eigenvalue weighted by atomic mass is 15.2. The first-order chi connectivity index (χ1) is 8.92. The Morgan fingerprint density at radius 3 is 3.06 bits per heavy atom. The number of aromatic amines is 1. The van der Waals surface area contributed by atoms with Crippen LogP contribution in [0.1, 0.15) is 5.56 Å². The standard InChI is InChI=1S/C15H13N3/c1-2-4-15-11(3-1)7-8-18(15)13-6-5-12-10-16-17-14(12)9-13/h1-6,9-10H,7-8H2,(H,16,17). The molecule has 0 saturated heterocycles. The van der Waals surface area contributed by atoms with Gasteiger partial charge in [-0.3, -0.25) is 5.10 Å². The molecule has 0 spiro atoms. The zero-order valence-electron chi connectivity index (χ0n) is 9.93. The van der Waals surface area contributed by atoms with E-state index in [4.69, 9.17) is 0 Å². The molecule has 0 unspecified atom stereocenters. The molecule has 0 saturated carbocycles. The molecular formula is C15H13N3. The van der Waals surface area contributed by atoms with Crippen molar-refractivity contribution in [3.8, 4) is 0 Å². The second-order valence-electron chi connectivity index (χ2n) is 4.67. The fraction of sp³-hybridized carbons (Fsp3) is 0.133. The number of H-pyrrole nitrogens is 1. The van der Waals surface area contributed by atoms with Gasteiger partial charge in [0.15, 0.2) is 0 Å². The number of fused-ring (bicyclic) bond motifs is 2. The maximum Gasteiger partial charge on any atom is 0.0671 e. The van der Waals surface area contributed by atoms with Crippen LogP contribution in [0, 0.1) is 0 Å². The van der Waals surface area contributed by atoms with E-state index >= 15 is 0 Å². The monoisotopic (exact) mass is 235 g/mol. The van der Waals surface area contributed by atoms with Crippen molar-refractivity contribution >= 4 is 22.3 Å². The largest absolute Gasteiger partial charge is 0.341 e. The van der Waals surface area contributed by atoms with Gasteiger partial charge in [-0.05, 0) is 36.2 Å². The summed E-state index contributed by atoms with van der Waals surface area (Å²) in [6.07, 6.45) is 2.98. The SMILES string of the molecule is c1ccc2c(c1)CCN2c1ccc2cn[nH]c2c1. The van der Waals surface area contributed by atoms with E-state index in [1.54, 1.807) is 0 Å². The first-order valence-corrected chi connectivity index (χ1v) is 6.20. The number of hydrogen-bond acceptors (Lipinski definition) is 2. The molecule has 1 aliphatic heterocycles. The van der Waals surface area contributed by atoms with Gasteiger partial charge in [0.25, 0.3) is 0 Å². The van der Waals surface area contributed by atoms with E-state index < -0.39 is 0 Å². The predicted octanol–water partition coefficient (Wildman–Crippen LogP) is 3.26. The summed E-state index contributed by atoms with van der Waals surface area (Å²) in [5.74, 6) is 0. The summed E-state index contributed by atoms with van der Waals surface area (Å²) < 4.78 is 0. The Morgan fingerprint density at radius 2 is 2.06 bits per heavy atom. The second-order valence-corrected chi connectivity index (χ2v) is 4.67. The summed E-state index contributed by atoms with van der Waals surface area (Å²) in [5, 5.41) is 8.26. The summed E-state index contributed by atoms with van der Waals surface area (Å²) in [5.41, 5.74) is 5.09. The number of para-hydroxylation sites is 1. The maximum atomic E-state index is 4.07. The summed E-state index contributed by atoms with van der Waals surface area (Å²) in [7, 11) is 0. The average Bonchev–Trinajstić information content (AvgIpc) is 3.04. The molecule has 3 aromatic rings. The number of rotatable bonds is 1. The number of anilines is 2. The van der Waals surface area contributed by atoms with Gasteiger partial charge in [0.2, 0.25) is 0 Å². The van der Waals surface area contributed by atoms with Crippen LogP contribution in [-0.4, -0.2) is 16.7 Å². The van der Waals surface area contributed by atoms with Crippen LogP contribution >= 0.6 is 0 Å². The van der Waals surface area contributed by atoms with E-state index in [0.717, 1.165) is 23.9 Å². The molecule has 2 aromatic carbocycles. The molecule has 0 bridgehead atoms. The number of nitrogens with one attached hydrogen (secondary N) is 1. The molecule has 0 fully saturated rings. The number of nitrogens with zero attached hydrogens (tertiary/aromatic N) is 2. The van der Waals surface area contributed by atoms with Gasteiger partial charge >= 0.3 is 0 Å². The van der Waals surface area contributed by atoms with Gasteiger partial charge in [0, 0.05) is 23.3 Å². The molecule has 1 aliphatic rings. The smallest absolute Gasteiger partial charge is 0.0671 e. The van der Waals surface area contributed by atoms with Crippen LogP contribution in [0.25, 0.3) is 10.9 Å². The molecule has 0 aliphatic carbocycles. The van der Waals surface area contributed by atoms with Gasteiger partial charge in [0.1, 0.15) is 0 Å². The lowest BCUT2D eigenvalue weighted by Crippen LogP contribution is -2.12. The van der Waals surface area contributed by atoms with E-state index in [9.17, 15) is 0 Å². The maximum absolute atomic E-state index is 4.07. The normalized spacial score (nSPS) is 14.1. The molecule has 3 nitrogen and oxygen atoms in total. The summed E-state index contributed by atoms with van der Waals surface area (Å²) in [6.45, 7) is 1.05. The van der Waals surface area contributed by atoms with Crippen LogP contribution in [-0.2, 0) is 6.42 Å². The third-order valence-electron chi connectivity index (χ3n) is 3.62. The Hall–Kier alpha value is -2.29. The van der Waals surface area contributed by atoms with Crippen molar-refractivity contribution in [2.45, 2.75) is 6.42 Å². The van der Waals surface area contributed by atoms with Crippen molar-refractivity contribution in [1.29, 1.82) is 0 Å². The minimum Gasteiger partial charge on any atom is -0.341 e. The molecule has 18 heavy (non-hydrogen) atoms. The van der Waals surface area contributed by atoms with Crippen molar-refractivity contribution < 1.29 is 0 Å². The minimum absolute atomic E-state index is 1.05. The van der Waals surface area contributed by atoms with Gasteiger partial charge in [-0.25, -0.2) is 0 Å². The van der Waals surface area contributed by atoms with Crippen molar-refractivity contribution in [2.24, 2.45) is 0 Å². The van der Waals surface area contributed by atoms with Crippen molar-refractivity contribution in [2.75, 3.05) is 11.4 Å². The van der Waals surface area contributed by atoms with E-state index in [-0.39, 0.29) is 0 Å². The Morgan fingerprint density at radius 1 is 1.11 bits per heavy atom. The van der Waals surface area contributed by atoms with Gasteiger partial charge < -0.3 is 4.90 Å². The van der Waals surface area contributed by atoms with Crippen LogP contribution in [0.15, 0.2) is 48.7 Å². The predicted molar refractivity (Wildman–Crippen MR) is 73.2 cm³/mol. The highest BCUT2D eigenvalue weighted by Gasteiger charge is 2.19. The van der Waals surface area contributed by atoms with Crippen molar-refractivity contribution in [3.63, 3.8) is 0 Å². The Bertz CT molecular complexity index is 714. The van der Waals surface area contributed by atoms with Crippen molar-refractivity contribution in [1.82, 2.24) is 10.2 Å². The van der Waals surface area contributed by atoms with Gasteiger partial charge in [-0.2, -0.15) is 5.10 Å². The van der Waals surface area contributed by atoms with Gasteiger partial charge in [-0.15, -0.1) is 0 Å². The molecule has 1 aromatic heterocycles. The fourth-order valence-corrected chi connectivity index (χ4v) is 2.70. The van der Waals surface area contributed by atoms with E-state index in [0.29, 0.717) is 0 Å². The van der Waals surface area contributed by atoms with Gasteiger partial charge in [0.05, 0.1) is 11.7 Å². The zero-order chi connectivity index (χ0) is 11.9. The lowest BCUT2D eigenvalue weighted by atomic mass is 10.2. The summed E-state index contributed by atoms with van der Waals surface area (Å²) >= 11 is 0. The lowest BCUT2D eigenvalue weighted by molar-refractivity contribution is 0.999.